The van der Waals surface area contributed by atoms with Crippen molar-refractivity contribution in [2.24, 2.45) is 0 Å². The molecule has 174 valence electrons. The lowest BCUT2D eigenvalue weighted by molar-refractivity contribution is -0.120. The Bertz CT molecular complexity index is 1110. The summed E-state index contributed by atoms with van der Waals surface area (Å²) in [6, 6.07) is 10.3. The first-order valence-corrected chi connectivity index (χ1v) is 12.1. The lowest BCUT2D eigenvalue weighted by atomic mass is 9.89. The summed E-state index contributed by atoms with van der Waals surface area (Å²) in [6.07, 6.45) is 1.61. The van der Waals surface area contributed by atoms with Crippen LogP contribution < -0.4 is 23.8 Å². The van der Waals surface area contributed by atoms with Gasteiger partial charge in [0, 0.05) is 18.1 Å². The molecule has 2 aromatic carbocycles. The third-order valence-electron chi connectivity index (χ3n) is 5.30. The number of rotatable bonds is 7. The maximum atomic E-state index is 13.0. The number of nitrogens with zero attached hydrogens (tertiary/aromatic N) is 1. The normalized spacial score (nSPS) is 17.0. The van der Waals surface area contributed by atoms with E-state index in [1.165, 1.54) is 14.2 Å². The fourth-order valence-corrected chi connectivity index (χ4v) is 4.71. The molecule has 0 spiro atoms. The Kier molecular flexibility index (Phi) is 6.59. The fraction of sp³-hybridized carbons (Fsp3) is 0.435. The topological polar surface area (TPSA) is 94.2 Å². The summed E-state index contributed by atoms with van der Waals surface area (Å²) < 4.78 is 42.8. The van der Waals surface area contributed by atoms with Crippen LogP contribution in [0.4, 0.5) is 5.69 Å². The van der Waals surface area contributed by atoms with Gasteiger partial charge in [0.25, 0.3) is 0 Å². The minimum absolute atomic E-state index is 0.259. The van der Waals surface area contributed by atoms with Crippen molar-refractivity contribution in [2.75, 3.05) is 31.3 Å². The second-order valence-corrected chi connectivity index (χ2v) is 10.4. The monoisotopic (exact) mass is 462 g/mol. The van der Waals surface area contributed by atoms with Gasteiger partial charge in [-0.15, -0.1) is 0 Å². The number of hydrogen-bond acceptors (Lipinski definition) is 6. The Morgan fingerprint density at radius 3 is 2.53 bits per heavy atom. The van der Waals surface area contributed by atoms with Crippen LogP contribution in [0.2, 0.25) is 0 Å². The highest BCUT2D eigenvalue weighted by molar-refractivity contribution is 7.92. The lowest BCUT2D eigenvalue weighted by Gasteiger charge is -2.38. The van der Waals surface area contributed by atoms with Crippen LogP contribution in [0.15, 0.2) is 36.4 Å². The number of amides is 1. The van der Waals surface area contributed by atoms with Gasteiger partial charge in [-0.05, 0) is 39.0 Å². The van der Waals surface area contributed by atoms with E-state index in [4.69, 9.17) is 14.2 Å². The standard InChI is InChI=1S/C23H30N2O6S/c1-15-7-10-20-17(11-15)18(13-23(2,3)31-20)24-22(26)14-25(32(6,27)28)19-9-8-16(29-4)12-21(19)30-5/h7-12,18H,13-14H2,1-6H3,(H,24,26). The molecule has 0 aliphatic carbocycles. The number of ether oxygens (including phenoxy) is 3. The number of fused-ring (bicyclic) bond motifs is 1. The van der Waals surface area contributed by atoms with Gasteiger partial charge in [0.05, 0.1) is 32.2 Å². The molecule has 0 fully saturated rings. The van der Waals surface area contributed by atoms with E-state index in [0.717, 1.165) is 21.7 Å². The smallest absolute Gasteiger partial charge is 0.241 e. The number of nitrogens with one attached hydrogen (secondary N) is 1. The molecule has 1 aliphatic heterocycles. The van der Waals surface area contributed by atoms with Gasteiger partial charge in [-0.2, -0.15) is 0 Å². The van der Waals surface area contributed by atoms with E-state index < -0.39 is 21.5 Å². The molecule has 0 saturated carbocycles. The number of carbonyl (C=O) groups is 1. The van der Waals surface area contributed by atoms with Crippen LogP contribution in [-0.2, 0) is 14.8 Å². The Labute approximate surface area is 189 Å². The number of carbonyl (C=O) groups excluding carboxylic acids is 1. The van der Waals surface area contributed by atoms with Crippen LogP contribution in [0.1, 0.15) is 37.4 Å². The molecule has 32 heavy (non-hydrogen) atoms. The van der Waals surface area contributed by atoms with Crippen molar-refractivity contribution in [1.29, 1.82) is 0 Å². The summed E-state index contributed by atoms with van der Waals surface area (Å²) in [6.45, 7) is 5.50. The molecule has 0 aromatic heterocycles. The van der Waals surface area contributed by atoms with Crippen LogP contribution in [-0.4, -0.2) is 46.9 Å². The zero-order valence-electron chi connectivity index (χ0n) is 19.3. The van der Waals surface area contributed by atoms with Gasteiger partial charge >= 0.3 is 0 Å². The Hall–Kier alpha value is -2.94. The molecule has 8 nitrogen and oxygen atoms in total. The molecule has 2 aromatic rings. The molecule has 9 heteroatoms. The SMILES string of the molecule is COc1ccc(N(CC(=O)NC2CC(C)(C)Oc3ccc(C)cc32)S(C)(=O)=O)c(OC)c1. The second kappa shape index (κ2) is 8.90. The predicted molar refractivity (Wildman–Crippen MR) is 123 cm³/mol. The van der Waals surface area contributed by atoms with Crippen molar-refractivity contribution in [3.63, 3.8) is 0 Å². The van der Waals surface area contributed by atoms with Gasteiger partial charge < -0.3 is 19.5 Å². The summed E-state index contributed by atoms with van der Waals surface area (Å²) in [4.78, 5) is 13.0. The molecule has 1 amide bonds. The molecular weight excluding hydrogens is 432 g/mol. The van der Waals surface area contributed by atoms with Gasteiger partial charge in [0.15, 0.2) is 0 Å². The van der Waals surface area contributed by atoms with Crippen molar-refractivity contribution in [2.45, 2.75) is 38.8 Å². The average molecular weight is 463 g/mol. The molecule has 1 atom stereocenters. The number of anilines is 1. The second-order valence-electron chi connectivity index (χ2n) is 8.53. The molecular formula is C23H30N2O6S. The number of sulfonamides is 1. The van der Waals surface area contributed by atoms with Crippen LogP contribution in [0.25, 0.3) is 0 Å². The zero-order chi connectivity index (χ0) is 23.7. The molecule has 0 radical (unpaired) electrons. The quantitative estimate of drug-likeness (QED) is 0.679. The van der Waals surface area contributed by atoms with Crippen molar-refractivity contribution in [3.8, 4) is 17.2 Å². The number of methoxy groups -OCH3 is 2. The minimum atomic E-state index is -3.77. The van der Waals surface area contributed by atoms with E-state index in [1.807, 2.05) is 39.0 Å². The molecule has 0 bridgehead atoms. The Morgan fingerprint density at radius 1 is 1.19 bits per heavy atom. The first-order chi connectivity index (χ1) is 14.9. The van der Waals surface area contributed by atoms with Crippen LogP contribution >= 0.6 is 0 Å². The van der Waals surface area contributed by atoms with E-state index in [-0.39, 0.29) is 24.0 Å². The predicted octanol–water partition coefficient (Wildman–Crippen LogP) is 3.20. The van der Waals surface area contributed by atoms with E-state index in [0.29, 0.717) is 17.9 Å². The molecule has 1 aliphatic rings. The van der Waals surface area contributed by atoms with Crippen molar-refractivity contribution >= 4 is 21.6 Å². The maximum absolute atomic E-state index is 13.0. The highest BCUT2D eigenvalue weighted by atomic mass is 32.2. The summed E-state index contributed by atoms with van der Waals surface area (Å²) >= 11 is 0. The van der Waals surface area contributed by atoms with Gasteiger partial charge in [0.1, 0.15) is 29.4 Å². The summed E-state index contributed by atoms with van der Waals surface area (Å²) in [5, 5.41) is 3.00. The van der Waals surface area contributed by atoms with Gasteiger partial charge in [-0.1, -0.05) is 17.7 Å². The number of benzene rings is 2. The number of aryl methyl sites for hydroxylation is 1. The molecule has 3 rings (SSSR count). The first-order valence-electron chi connectivity index (χ1n) is 10.2. The molecule has 1 unspecified atom stereocenters. The van der Waals surface area contributed by atoms with E-state index in [1.54, 1.807) is 18.2 Å². The molecule has 1 N–H and O–H groups in total. The van der Waals surface area contributed by atoms with Gasteiger partial charge in [0.2, 0.25) is 15.9 Å². The van der Waals surface area contributed by atoms with Crippen molar-refractivity contribution in [3.05, 3.63) is 47.5 Å². The summed E-state index contributed by atoms with van der Waals surface area (Å²) in [5.41, 5.74) is 1.71. The summed E-state index contributed by atoms with van der Waals surface area (Å²) in [5.74, 6) is 1.09. The van der Waals surface area contributed by atoms with E-state index in [2.05, 4.69) is 5.32 Å². The van der Waals surface area contributed by atoms with E-state index >= 15 is 0 Å². The van der Waals surface area contributed by atoms with Gasteiger partial charge in [-0.3, -0.25) is 9.10 Å². The molecule has 1 heterocycles. The van der Waals surface area contributed by atoms with Crippen molar-refractivity contribution < 1.29 is 27.4 Å². The lowest BCUT2D eigenvalue weighted by Crippen LogP contribution is -2.45. The highest BCUT2D eigenvalue weighted by Crippen LogP contribution is 2.40. The highest BCUT2D eigenvalue weighted by Gasteiger charge is 2.35. The van der Waals surface area contributed by atoms with Crippen molar-refractivity contribution in [1.82, 2.24) is 5.32 Å². The largest absolute Gasteiger partial charge is 0.497 e. The van der Waals surface area contributed by atoms with Gasteiger partial charge in [-0.25, -0.2) is 8.42 Å². The zero-order valence-corrected chi connectivity index (χ0v) is 20.1. The Morgan fingerprint density at radius 2 is 1.91 bits per heavy atom. The van der Waals surface area contributed by atoms with E-state index in [9.17, 15) is 13.2 Å². The Balaban J connectivity index is 1.89. The average Bonchev–Trinajstić information content (AvgIpc) is 2.70. The third-order valence-corrected chi connectivity index (χ3v) is 6.43. The first kappa shape index (κ1) is 23.7. The van der Waals surface area contributed by atoms with Crippen LogP contribution in [0.3, 0.4) is 0 Å². The fourth-order valence-electron chi connectivity index (χ4n) is 3.85. The minimum Gasteiger partial charge on any atom is -0.497 e. The molecule has 0 saturated heterocycles. The summed E-state index contributed by atoms with van der Waals surface area (Å²) in [7, 11) is -0.831. The number of hydrogen-bond donors (Lipinski definition) is 1. The third kappa shape index (κ3) is 5.27. The van der Waals surface area contributed by atoms with Crippen LogP contribution in [0, 0.1) is 6.92 Å². The maximum Gasteiger partial charge on any atom is 0.241 e. The van der Waals surface area contributed by atoms with Crippen LogP contribution in [0.5, 0.6) is 17.2 Å².